The Hall–Kier alpha value is -1.37. The van der Waals surface area contributed by atoms with Gasteiger partial charge in [-0.3, -0.25) is 4.79 Å². The zero-order chi connectivity index (χ0) is 14.3. The van der Waals surface area contributed by atoms with Crippen LogP contribution in [0.2, 0.25) is 0 Å². The molecule has 0 aliphatic heterocycles. The standard InChI is InChI=1S/C12H21N3O3S/c1-11(2)4-3-5-12(16)14-7-9-19(17,18)15-8-6-13-10-15/h6,8,10-11H,3-5,7,9H2,1-2H3,(H,14,16). The maximum atomic E-state index is 11.7. The van der Waals surface area contributed by atoms with Crippen LogP contribution in [-0.2, 0) is 14.8 Å². The maximum absolute atomic E-state index is 11.7. The van der Waals surface area contributed by atoms with Crippen LogP contribution in [0.4, 0.5) is 0 Å². The van der Waals surface area contributed by atoms with Gasteiger partial charge >= 0.3 is 0 Å². The summed E-state index contributed by atoms with van der Waals surface area (Å²) in [7, 11) is -3.41. The Labute approximate surface area is 114 Å². The zero-order valence-corrected chi connectivity index (χ0v) is 12.2. The molecule has 0 aliphatic rings. The van der Waals surface area contributed by atoms with Crippen LogP contribution in [-0.4, -0.2) is 35.6 Å². The van der Waals surface area contributed by atoms with E-state index in [9.17, 15) is 13.2 Å². The average molecular weight is 287 g/mol. The average Bonchev–Trinajstić information content (AvgIpc) is 2.82. The van der Waals surface area contributed by atoms with Gasteiger partial charge in [-0.1, -0.05) is 20.3 Å². The van der Waals surface area contributed by atoms with Crippen LogP contribution in [0.15, 0.2) is 18.7 Å². The van der Waals surface area contributed by atoms with E-state index in [1.54, 1.807) is 0 Å². The predicted octanol–water partition coefficient (Wildman–Crippen LogP) is 1.00. The van der Waals surface area contributed by atoms with Crippen molar-refractivity contribution >= 4 is 15.9 Å². The smallest absolute Gasteiger partial charge is 0.241 e. The van der Waals surface area contributed by atoms with Crippen LogP contribution < -0.4 is 5.32 Å². The third kappa shape index (κ3) is 5.87. The minimum Gasteiger partial charge on any atom is -0.355 e. The maximum Gasteiger partial charge on any atom is 0.241 e. The Morgan fingerprint density at radius 3 is 2.74 bits per heavy atom. The summed E-state index contributed by atoms with van der Waals surface area (Å²) in [4.78, 5) is 15.2. The van der Waals surface area contributed by atoms with Gasteiger partial charge in [-0.15, -0.1) is 0 Å². The Balaban J connectivity index is 2.25. The van der Waals surface area contributed by atoms with E-state index in [0.717, 1.165) is 16.8 Å². The van der Waals surface area contributed by atoms with Crippen molar-refractivity contribution in [2.75, 3.05) is 12.3 Å². The van der Waals surface area contributed by atoms with E-state index >= 15 is 0 Å². The van der Waals surface area contributed by atoms with Crippen LogP contribution in [0.25, 0.3) is 0 Å². The summed E-state index contributed by atoms with van der Waals surface area (Å²) >= 11 is 0. The highest BCUT2D eigenvalue weighted by Crippen LogP contribution is 2.05. The van der Waals surface area contributed by atoms with Crippen molar-refractivity contribution in [1.82, 2.24) is 14.3 Å². The molecule has 1 amide bonds. The van der Waals surface area contributed by atoms with Crippen molar-refractivity contribution in [1.29, 1.82) is 0 Å². The first-order chi connectivity index (χ1) is 8.92. The summed E-state index contributed by atoms with van der Waals surface area (Å²) < 4.78 is 24.6. The highest BCUT2D eigenvalue weighted by Gasteiger charge is 2.12. The number of rotatable bonds is 8. The normalized spacial score (nSPS) is 11.7. The van der Waals surface area contributed by atoms with Gasteiger partial charge in [0.2, 0.25) is 15.9 Å². The Morgan fingerprint density at radius 1 is 1.42 bits per heavy atom. The first-order valence-electron chi connectivity index (χ1n) is 6.39. The molecule has 1 aromatic heterocycles. The van der Waals surface area contributed by atoms with Gasteiger partial charge in [0.1, 0.15) is 6.33 Å². The predicted molar refractivity (Wildman–Crippen MR) is 73.1 cm³/mol. The lowest BCUT2D eigenvalue weighted by molar-refractivity contribution is -0.121. The molecule has 0 aliphatic carbocycles. The number of hydrogen-bond donors (Lipinski definition) is 1. The van der Waals surface area contributed by atoms with Gasteiger partial charge in [0.25, 0.3) is 0 Å². The van der Waals surface area contributed by atoms with Gasteiger partial charge in [0.05, 0.1) is 5.75 Å². The molecule has 0 saturated heterocycles. The molecule has 1 N–H and O–H groups in total. The molecule has 0 saturated carbocycles. The van der Waals surface area contributed by atoms with Gasteiger partial charge in [-0.25, -0.2) is 17.4 Å². The molecule has 1 heterocycles. The molecule has 108 valence electrons. The van der Waals surface area contributed by atoms with Crippen LogP contribution in [0.5, 0.6) is 0 Å². The second kappa shape index (κ2) is 7.28. The summed E-state index contributed by atoms with van der Waals surface area (Å²) in [5.74, 6) is 0.357. The van der Waals surface area contributed by atoms with E-state index < -0.39 is 10.0 Å². The fourth-order valence-corrected chi connectivity index (χ4v) is 2.60. The zero-order valence-electron chi connectivity index (χ0n) is 11.4. The van der Waals surface area contributed by atoms with Gasteiger partial charge < -0.3 is 5.32 Å². The van der Waals surface area contributed by atoms with E-state index in [0.29, 0.717) is 12.3 Å². The molecule has 7 heteroatoms. The molecule has 0 unspecified atom stereocenters. The summed E-state index contributed by atoms with van der Waals surface area (Å²) in [6.45, 7) is 4.34. The summed E-state index contributed by atoms with van der Waals surface area (Å²) in [5.41, 5.74) is 0. The van der Waals surface area contributed by atoms with E-state index in [-0.39, 0.29) is 18.2 Å². The van der Waals surface area contributed by atoms with Crippen molar-refractivity contribution in [3.8, 4) is 0 Å². The third-order valence-corrected chi connectivity index (χ3v) is 4.25. The SMILES string of the molecule is CC(C)CCCC(=O)NCCS(=O)(=O)n1ccnc1. The summed E-state index contributed by atoms with van der Waals surface area (Å²) in [6.07, 6.45) is 6.30. The van der Waals surface area contributed by atoms with E-state index in [4.69, 9.17) is 0 Å². The fourth-order valence-electron chi connectivity index (χ4n) is 1.60. The fraction of sp³-hybridized carbons (Fsp3) is 0.667. The number of aromatic nitrogens is 2. The molecule has 0 aromatic carbocycles. The van der Waals surface area contributed by atoms with E-state index in [1.807, 2.05) is 0 Å². The van der Waals surface area contributed by atoms with Gasteiger partial charge in [-0.05, 0) is 12.3 Å². The highest BCUT2D eigenvalue weighted by molar-refractivity contribution is 7.89. The number of hydrogen-bond acceptors (Lipinski definition) is 4. The largest absolute Gasteiger partial charge is 0.355 e. The van der Waals surface area contributed by atoms with Crippen molar-refractivity contribution < 1.29 is 13.2 Å². The van der Waals surface area contributed by atoms with Crippen LogP contribution in [0.3, 0.4) is 0 Å². The first-order valence-corrected chi connectivity index (χ1v) is 8.00. The number of carbonyl (C=O) groups is 1. The highest BCUT2D eigenvalue weighted by atomic mass is 32.2. The molecule has 0 spiro atoms. The topological polar surface area (TPSA) is 81.1 Å². The summed E-state index contributed by atoms with van der Waals surface area (Å²) in [5, 5.41) is 2.62. The molecule has 0 radical (unpaired) electrons. The number of carbonyl (C=O) groups excluding carboxylic acids is 1. The number of nitrogens with one attached hydrogen (secondary N) is 1. The molecule has 0 atom stereocenters. The second-order valence-electron chi connectivity index (χ2n) is 4.84. The molecular weight excluding hydrogens is 266 g/mol. The number of amides is 1. The van der Waals surface area contributed by atoms with Crippen LogP contribution >= 0.6 is 0 Å². The lowest BCUT2D eigenvalue weighted by atomic mass is 10.1. The van der Waals surface area contributed by atoms with Crippen molar-refractivity contribution in [2.45, 2.75) is 33.1 Å². The van der Waals surface area contributed by atoms with E-state index in [1.165, 1.54) is 18.7 Å². The molecular formula is C12H21N3O3S. The Bertz CT molecular complexity index is 480. The minimum absolute atomic E-state index is 0.0959. The minimum atomic E-state index is -3.41. The van der Waals surface area contributed by atoms with Gasteiger partial charge in [0, 0.05) is 25.4 Å². The molecule has 6 nitrogen and oxygen atoms in total. The number of nitrogens with zero attached hydrogens (tertiary/aromatic N) is 2. The van der Waals surface area contributed by atoms with Gasteiger partial charge in [0.15, 0.2) is 0 Å². The second-order valence-corrected chi connectivity index (χ2v) is 6.84. The molecule has 1 aromatic rings. The first kappa shape index (κ1) is 15.7. The van der Waals surface area contributed by atoms with Gasteiger partial charge in [-0.2, -0.15) is 0 Å². The molecule has 0 fully saturated rings. The third-order valence-electron chi connectivity index (χ3n) is 2.67. The lowest BCUT2D eigenvalue weighted by Crippen LogP contribution is -2.30. The Morgan fingerprint density at radius 2 is 2.16 bits per heavy atom. The molecule has 0 bridgehead atoms. The lowest BCUT2D eigenvalue weighted by Gasteiger charge is -2.07. The van der Waals surface area contributed by atoms with Crippen LogP contribution in [0.1, 0.15) is 33.1 Å². The summed E-state index contributed by atoms with van der Waals surface area (Å²) in [6, 6.07) is 0. The van der Waals surface area contributed by atoms with Crippen molar-refractivity contribution in [2.24, 2.45) is 5.92 Å². The quantitative estimate of drug-likeness (QED) is 0.773. The van der Waals surface area contributed by atoms with Crippen molar-refractivity contribution in [3.63, 3.8) is 0 Å². The molecule has 1 rings (SSSR count). The Kier molecular flexibility index (Phi) is 6.01. The number of imidazole rings is 1. The molecule has 19 heavy (non-hydrogen) atoms. The monoisotopic (exact) mass is 287 g/mol. The van der Waals surface area contributed by atoms with Crippen molar-refractivity contribution in [3.05, 3.63) is 18.7 Å². The van der Waals surface area contributed by atoms with E-state index in [2.05, 4.69) is 24.1 Å². The van der Waals surface area contributed by atoms with Crippen LogP contribution in [0, 0.1) is 5.92 Å².